The molecule has 2 N–H and O–H groups in total. The second kappa shape index (κ2) is 8.40. The molecule has 2 atom stereocenters. The smallest absolute Gasteiger partial charge is 0.344 e. The summed E-state index contributed by atoms with van der Waals surface area (Å²) in [4.78, 5) is 14.3. The van der Waals surface area contributed by atoms with E-state index < -0.39 is 5.63 Å². The minimum Gasteiger partial charge on any atom is -0.507 e. The van der Waals surface area contributed by atoms with Crippen LogP contribution in [0.25, 0.3) is 22.1 Å². The lowest BCUT2D eigenvalue weighted by atomic mass is 9.99. The maximum atomic E-state index is 12.9. The van der Waals surface area contributed by atoms with Crippen molar-refractivity contribution in [1.29, 1.82) is 0 Å². The van der Waals surface area contributed by atoms with Gasteiger partial charge < -0.3 is 23.9 Å². The van der Waals surface area contributed by atoms with Crippen molar-refractivity contribution in [3.8, 4) is 28.4 Å². The molecule has 0 radical (unpaired) electrons. The highest BCUT2D eigenvalue weighted by molar-refractivity contribution is 5.86. The Kier molecular flexibility index (Phi) is 5.68. The molecule has 0 spiro atoms. The molecular formula is C24H28NO5+. The molecule has 6 heteroatoms. The topological polar surface area (TPSA) is 73.3 Å². The second-order valence-electron chi connectivity index (χ2n) is 8.12. The van der Waals surface area contributed by atoms with Gasteiger partial charge in [-0.25, -0.2) is 4.79 Å². The van der Waals surface area contributed by atoms with Crippen LogP contribution in [0.2, 0.25) is 0 Å². The summed E-state index contributed by atoms with van der Waals surface area (Å²) in [7, 11) is 3.14. The van der Waals surface area contributed by atoms with Crippen molar-refractivity contribution in [2.45, 2.75) is 26.3 Å². The lowest BCUT2D eigenvalue weighted by Gasteiger charge is -2.28. The summed E-state index contributed by atoms with van der Waals surface area (Å²) in [6, 6.07) is 10.6. The fourth-order valence-corrected chi connectivity index (χ4v) is 4.42. The molecule has 2 heterocycles. The summed E-state index contributed by atoms with van der Waals surface area (Å²) in [5, 5.41) is 11.3. The standard InChI is InChI=1S/C24H27NO5/c1-15-5-4-10-25(13-15)14-20-21(26)9-6-16-11-19(24(27)30-23(16)20)18-8-7-17(28-2)12-22(18)29-3/h6-9,11-12,15,26H,4-5,10,13-14H2,1-3H3/p+1/t15-/m0/s1. The van der Waals surface area contributed by atoms with Gasteiger partial charge in [0.15, 0.2) is 5.58 Å². The van der Waals surface area contributed by atoms with E-state index in [1.807, 2.05) is 6.07 Å². The Hall–Kier alpha value is -2.99. The maximum absolute atomic E-state index is 12.9. The largest absolute Gasteiger partial charge is 0.507 e. The minimum atomic E-state index is -0.458. The minimum absolute atomic E-state index is 0.172. The molecule has 6 nitrogen and oxygen atoms in total. The highest BCUT2D eigenvalue weighted by Gasteiger charge is 2.24. The van der Waals surface area contributed by atoms with Crippen LogP contribution in [-0.4, -0.2) is 32.4 Å². The predicted molar refractivity (Wildman–Crippen MR) is 115 cm³/mol. The van der Waals surface area contributed by atoms with Gasteiger partial charge in [-0.2, -0.15) is 0 Å². The molecule has 0 bridgehead atoms. The lowest BCUT2D eigenvalue weighted by molar-refractivity contribution is -0.922. The summed E-state index contributed by atoms with van der Waals surface area (Å²) in [5.74, 6) is 2.01. The van der Waals surface area contributed by atoms with Crippen LogP contribution in [0, 0.1) is 5.92 Å². The molecule has 30 heavy (non-hydrogen) atoms. The van der Waals surface area contributed by atoms with E-state index in [4.69, 9.17) is 13.9 Å². The molecule has 0 aliphatic carbocycles. The first kappa shape index (κ1) is 20.3. The van der Waals surface area contributed by atoms with E-state index in [9.17, 15) is 9.90 Å². The fraction of sp³-hybridized carbons (Fsp3) is 0.375. The average molecular weight is 410 g/mol. The van der Waals surface area contributed by atoms with E-state index in [0.717, 1.165) is 18.5 Å². The van der Waals surface area contributed by atoms with Crippen molar-refractivity contribution in [1.82, 2.24) is 0 Å². The molecular weight excluding hydrogens is 382 g/mol. The number of hydrogen-bond acceptors (Lipinski definition) is 5. The second-order valence-corrected chi connectivity index (χ2v) is 8.12. The van der Waals surface area contributed by atoms with Gasteiger partial charge in [-0.1, -0.05) is 6.92 Å². The van der Waals surface area contributed by atoms with E-state index in [-0.39, 0.29) is 5.75 Å². The van der Waals surface area contributed by atoms with Crippen LogP contribution in [0.4, 0.5) is 0 Å². The van der Waals surface area contributed by atoms with E-state index in [1.54, 1.807) is 44.6 Å². The molecule has 158 valence electrons. The van der Waals surface area contributed by atoms with Crippen molar-refractivity contribution in [3.63, 3.8) is 0 Å². The molecule has 1 saturated heterocycles. The lowest BCUT2D eigenvalue weighted by Crippen LogP contribution is -3.12. The van der Waals surface area contributed by atoms with Crippen LogP contribution < -0.4 is 20.0 Å². The Labute approximate surface area is 175 Å². The van der Waals surface area contributed by atoms with Gasteiger partial charge in [-0.15, -0.1) is 0 Å². The summed E-state index contributed by atoms with van der Waals surface area (Å²) in [6.45, 7) is 5.02. The molecule has 1 aromatic heterocycles. The van der Waals surface area contributed by atoms with Gasteiger partial charge >= 0.3 is 5.63 Å². The van der Waals surface area contributed by atoms with Crippen molar-refractivity contribution < 1.29 is 23.9 Å². The molecule has 0 amide bonds. The number of ether oxygens (including phenoxy) is 2. The first-order valence-corrected chi connectivity index (χ1v) is 10.3. The number of rotatable bonds is 5. The molecule has 4 rings (SSSR count). The highest BCUT2D eigenvalue weighted by Crippen LogP contribution is 2.34. The summed E-state index contributed by atoms with van der Waals surface area (Å²) >= 11 is 0. The number of aromatic hydroxyl groups is 1. The Morgan fingerprint density at radius 1 is 1.13 bits per heavy atom. The van der Waals surface area contributed by atoms with Crippen LogP contribution in [-0.2, 0) is 6.54 Å². The van der Waals surface area contributed by atoms with Crippen LogP contribution in [0.15, 0.2) is 45.6 Å². The van der Waals surface area contributed by atoms with Gasteiger partial charge in [-0.05, 0) is 43.2 Å². The predicted octanol–water partition coefficient (Wildman–Crippen LogP) is 3.00. The Bertz CT molecular complexity index is 1120. The maximum Gasteiger partial charge on any atom is 0.344 e. The number of methoxy groups -OCH3 is 2. The monoisotopic (exact) mass is 410 g/mol. The summed E-state index contributed by atoms with van der Waals surface area (Å²) < 4.78 is 16.5. The third-order valence-corrected chi connectivity index (χ3v) is 5.97. The van der Waals surface area contributed by atoms with E-state index >= 15 is 0 Å². The van der Waals surface area contributed by atoms with Gasteiger partial charge in [-0.3, -0.25) is 0 Å². The Morgan fingerprint density at radius 3 is 2.70 bits per heavy atom. The highest BCUT2D eigenvalue weighted by atomic mass is 16.5. The van der Waals surface area contributed by atoms with Crippen LogP contribution >= 0.6 is 0 Å². The van der Waals surface area contributed by atoms with Crippen LogP contribution in [0.5, 0.6) is 17.2 Å². The molecule has 0 saturated carbocycles. The van der Waals surface area contributed by atoms with E-state index in [2.05, 4.69) is 6.92 Å². The zero-order chi connectivity index (χ0) is 21.3. The van der Waals surface area contributed by atoms with Crippen molar-refractivity contribution in [2.75, 3.05) is 27.3 Å². The summed E-state index contributed by atoms with van der Waals surface area (Å²) in [6.07, 6.45) is 2.42. The third kappa shape index (κ3) is 3.87. The first-order chi connectivity index (χ1) is 14.5. The number of phenols is 1. The molecule has 1 aliphatic rings. The average Bonchev–Trinajstić information content (AvgIpc) is 2.75. The van der Waals surface area contributed by atoms with Gasteiger partial charge in [0.05, 0.1) is 38.4 Å². The third-order valence-electron chi connectivity index (χ3n) is 5.97. The molecule has 3 aromatic rings. The molecule has 1 fully saturated rings. The zero-order valence-corrected chi connectivity index (χ0v) is 17.7. The number of nitrogens with one attached hydrogen (secondary N) is 1. The quantitative estimate of drug-likeness (QED) is 0.633. The number of hydrogen-bond donors (Lipinski definition) is 2. The number of fused-ring (bicyclic) bond motifs is 1. The van der Waals surface area contributed by atoms with E-state index in [0.29, 0.717) is 46.2 Å². The number of likely N-dealkylation sites (tertiary alicyclic amines) is 1. The number of quaternary nitrogens is 1. The van der Waals surface area contributed by atoms with Gasteiger partial charge in [0.1, 0.15) is 23.8 Å². The zero-order valence-electron chi connectivity index (χ0n) is 17.7. The molecule has 1 unspecified atom stereocenters. The van der Waals surface area contributed by atoms with Crippen molar-refractivity contribution in [2.24, 2.45) is 5.92 Å². The number of piperidine rings is 1. The van der Waals surface area contributed by atoms with Gasteiger partial charge in [0.25, 0.3) is 0 Å². The Balaban J connectivity index is 1.79. The van der Waals surface area contributed by atoms with Crippen LogP contribution in [0.1, 0.15) is 25.3 Å². The van der Waals surface area contributed by atoms with Crippen molar-refractivity contribution >= 4 is 11.0 Å². The number of phenolic OH excluding ortho intramolecular Hbond substituents is 1. The SMILES string of the molecule is COc1ccc(-c2cc3ccc(O)c(C[NH+]4CCC[C@H](C)C4)c3oc2=O)c(OC)c1. The van der Waals surface area contributed by atoms with Gasteiger partial charge in [0, 0.05) is 22.9 Å². The van der Waals surface area contributed by atoms with Crippen LogP contribution in [0.3, 0.4) is 0 Å². The normalized spacial score (nSPS) is 19.0. The molecule has 2 aromatic carbocycles. The fourth-order valence-electron chi connectivity index (χ4n) is 4.42. The first-order valence-electron chi connectivity index (χ1n) is 10.3. The Morgan fingerprint density at radius 2 is 1.97 bits per heavy atom. The van der Waals surface area contributed by atoms with Crippen molar-refractivity contribution in [3.05, 3.63) is 52.4 Å². The summed E-state index contributed by atoms with van der Waals surface area (Å²) in [5.41, 5.74) is 1.75. The molecule has 1 aliphatic heterocycles. The van der Waals surface area contributed by atoms with E-state index in [1.165, 1.54) is 17.7 Å². The number of benzene rings is 2. The van der Waals surface area contributed by atoms with Gasteiger partial charge in [0.2, 0.25) is 0 Å².